The Labute approximate surface area is 183 Å². The van der Waals surface area contributed by atoms with Gasteiger partial charge >= 0.3 is 0 Å². The molecule has 0 radical (unpaired) electrons. The van der Waals surface area contributed by atoms with E-state index in [2.05, 4.69) is 25.5 Å². The van der Waals surface area contributed by atoms with Crippen LogP contribution in [0.5, 0.6) is 11.5 Å². The Balaban J connectivity index is 1.69. The lowest BCUT2D eigenvalue weighted by Gasteiger charge is -2.21. The summed E-state index contributed by atoms with van der Waals surface area (Å²) in [7, 11) is -4.05. The highest BCUT2D eigenvalue weighted by atomic mass is 32.2. The molecule has 11 nitrogen and oxygen atoms in total. The van der Waals surface area contributed by atoms with E-state index in [1.165, 1.54) is 48.6 Å². The van der Waals surface area contributed by atoms with Crippen molar-refractivity contribution in [2.75, 3.05) is 25.2 Å². The molecule has 0 fully saturated rings. The maximum Gasteiger partial charge on any atom is 0.289 e. The van der Waals surface area contributed by atoms with Crippen molar-refractivity contribution in [3.05, 3.63) is 42.5 Å². The summed E-state index contributed by atoms with van der Waals surface area (Å²) in [5.74, 6) is -0.115. The first-order valence-corrected chi connectivity index (χ1v) is 12.1. The molecule has 1 aliphatic heterocycles. The molecule has 166 valence electrons. The lowest BCUT2D eigenvalue weighted by Crippen LogP contribution is -2.52. The minimum atomic E-state index is -4.05. The minimum absolute atomic E-state index is 0.000299. The highest BCUT2D eigenvalue weighted by Crippen LogP contribution is 2.32. The number of nitrogens with one attached hydrogen (secondary N) is 3. The molecule has 31 heavy (non-hydrogen) atoms. The van der Waals surface area contributed by atoms with Crippen LogP contribution in [0.15, 0.2) is 41.7 Å². The third-order valence-corrected chi connectivity index (χ3v) is 6.26. The summed E-state index contributed by atoms with van der Waals surface area (Å²) >= 11 is 1.45. The number of nitrogens with zero attached hydrogens (tertiary/aromatic N) is 2. The molecule has 2 aromatic rings. The van der Waals surface area contributed by atoms with Gasteiger partial charge in [-0.25, -0.2) is 13.4 Å². The molecule has 0 bridgehead atoms. The van der Waals surface area contributed by atoms with Gasteiger partial charge in [0.2, 0.25) is 10.0 Å². The number of hydrogen-bond donors (Lipinski definition) is 3. The summed E-state index contributed by atoms with van der Waals surface area (Å²) in [6, 6.07) is 3.10. The first-order valence-electron chi connectivity index (χ1n) is 9.18. The maximum atomic E-state index is 12.9. The maximum absolute atomic E-state index is 12.9. The van der Waals surface area contributed by atoms with Crippen molar-refractivity contribution in [3.63, 3.8) is 0 Å². The van der Waals surface area contributed by atoms with Gasteiger partial charge in [0, 0.05) is 18.5 Å². The number of rotatable bonds is 8. The van der Waals surface area contributed by atoms with Crippen LogP contribution in [-0.2, 0) is 14.8 Å². The van der Waals surface area contributed by atoms with Gasteiger partial charge in [-0.05, 0) is 30.6 Å². The van der Waals surface area contributed by atoms with E-state index in [9.17, 15) is 18.0 Å². The van der Waals surface area contributed by atoms with Crippen LogP contribution >= 0.6 is 11.8 Å². The second-order valence-corrected chi connectivity index (χ2v) is 8.99. The van der Waals surface area contributed by atoms with E-state index >= 15 is 0 Å². The third-order valence-electron chi connectivity index (χ3n) is 4.14. The van der Waals surface area contributed by atoms with Gasteiger partial charge in [-0.1, -0.05) is 0 Å². The predicted molar refractivity (Wildman–Crippen MR) is 112 cm³/mol. The molecule has 13 heteroatoms. The molecule has 0 saturated carbocycles. The highest BCUT2D eigenvalue weighted by Gasteiger charge is 2.27. The summed E-state index contributed by atoms with van der Waals surface area (Å²) in [4.78, 5) is 32.1. The van der Waals surface area contributed by atoms with Gasteiger partial charge < -0.3 is 9.47 Å². The van der Waals surface area contributed by atoms with E-state index in [1.807, 2.05) is 6.26 Å². The fourth-order valence-electron chi connectivity index (χ4n) is 2.61. The Morgan fingerprint density at radius 2 is 1.94 bits per heavy atom. The fraction of sp³-hybridized carbons (Fsp3) is 0.333. The van der Waals surface area contributed by atoms with Gasteiger partial charge in [0.25, 0.3) is 11.8 Å². The first kappa shape index (κ1) is 22.8. The van der Waals surface area contributed by atoms with Crippen LogP contribution in [-0.4, -0.2) is 61.5 Å². The van der Waals surface area contributed by atoms with Crippen molar-refractivity contribution >= 4 is 33.6 Å². The third kappa shape index (κ3) is 6.06. The average Bonchev–Trinajstić information content (AvgIpc) is 2.80. The van der Waals surface area contributed by atoms with Crippen molar-refractivity contribution < 1.29 is 27.5 Å². The molecule has 3 rings (SSSR count). The van der Waals surface area contributed by atoms with Crippen LogP contribution in [0.3, 0.4) is 0 Å². The quantitative estimate of drug-likeness (QED) is 0.460. The Hall–Kier alpha value is -2.90. The van der Waals surface area contributed by atoms with Gasteiger partial charge in [-0.2, -0.15) is 16.5 Å². The van der Waals surface area contributed by atoms with Gasteiger partial charge in [-0.15, -0.1) is 0 Å². The fourth-order valence-corrected chi connectivity index (χ4v) is 4.33. The van der Waals surface area contributed by atoms with Crippen molar-refractivity contribution in [1.82, 2.24) is 25.5 Å². The van der Waals surface area contributed by atoms with Crippen LogP contribution in [0, 0.1) is 0 Å². The van der Waals surface area contributed by atoms with E-state index in [0.29, 0.717) is 30.5 Å². The summed E-state index contributed by atoms with van der Waals surface area (Å²) < 4.78 is 38.9. The number of carbonyl (C=O) groups is 2. The normalized spacial score (nSPS) is 13.8. The van der Waals surface area contributed by atoms with Crippen molar-refractivity contribution in [2.24, 2.45) is 0 Å². The number of aromatic nitrogens is 2. The molecule has 3 N–H and O–H groups in total. The van der Waals surface area contributed by atoms with E-state index in [-0.39, 0.29) is 17.0 Å². The molecule has 1 atom stereocenters. The monoisotopic (exact) mass is 467 g/mol. The minimum Gasteiger partial charge on any atom is -0.486 e. The predicted octanol–water partition coefficient (Wildman–Crippen LogP) is 0.109. The average molecular weight is 468 g/mol. The van der Waals surface area contributed by atoms with E-state index < -0.39 is 27.9 Å². The molecule has 0 spiro atoms. The Bertz CT molecular complexity index is 1030. The lowest BCUT2D eigenvalue weighted by atomic mass is 10.2. The van der Waals surface area contributed by atoms with Gasteiger partial charge in [0.05, 0.1) is 11.1 Å². The zero-order chi connectivity index (χ0) is 22.3. The number of thioether (sulfide) groups is 1. The van der Waals surface area contributed by atoms with Crippen LogP contribution in [0.1, 0.15) is 16.9 Å². The number of fused-ring (bicyclic) bond motifs is 1. The summed E-state index contributed by atoms with van der Waals surface area (Å²) in [5, 5.41) is 0. The molecule has 2 amide bonds. The Kier molecular flexibility index (Phi) is 7.65. The topological polar surface area (TPSA) is 149 Å². The zero-order valence-corrected chi connectivity index (χ0v) is 18.2. The van der Waals surface area contributed by atoms with E-state index in [0.717, 1.165) is 0 Å². The molecule has 2 heterocycles. The van der Waals surface area contributed by atoms with Gasteiger partial charge in [0.1, 0.15) is 24.9 Å². The molecule has 1 aromatic heterocycles. The molecule has 1 aromatic carbocycles. The number of sulfonamides is 1. The number of benzene rings is 1. The second kappa shape index (κ2) is 10.4. The van der Waals surface area contributed by atoms with E-state index in [4.69, 9.17) is 9.47 Å². The molecule has 0 aliphatic carbocycles. The lowest BCUT2D eigenvalue weighted by molar-refractivity contribution is -0.123. The second-order valence-electron chi connectivity index (χ2n) is 6.29. The standard InChI is InChI=1S/C18H21N5O6S2/c1-30-9-4-13(17(24)21-22-18(25)14-11-19-5-6-20-14)23-31(26,27)12-2-3-15-16(10-12)29-8-7-28-15/h2-3,5-6,10-11,13,23H,4,7-9H2,1H3,(H,21,24)(H,22,25)/t13-/m0/s1. The van der Waals surface area contributed by atoms with Crippen LogP contribution in [0.4, 0.5) is 0 Å². The van der Waals surface area contributed by atoms with Crippen molar-refractivity contribution in [2.45, 2.75) is 17.4 Å². The number of amides is 2. The van der Waals surface area contributed by atoms with Crippen molar-refractivity contribution in [1.29, 1.82) is 0 Å². The molecular weight excluding hydrogens is 446 g/mol. The zero-order valence-electron chi connectivity index (χ0n) is 16.5. The van der Waals surface area contributed by atoms with Crippen LogP contribution < -0.4 is 25.0 Å². The van der Waals surface area contributed by atoms with E-state index in [1.54, 1.807) is 0 Å². The molecule has 0 saturated heterocycles. The smallest absolute Gasteiger partial charge is 0.289 e. The number of hydrazine groups is 1. The summed E-state index contributed by atoms with van der Waals surface area (Å²) in [5.41, 5.74) is 4.43. The van der Waals surface area contributed by atoms with Crippen molar-refractivity contribution in [3.8, 4) is 11.5 Å². The summed E-state index contributed by atoms with van der Waals surface area (Å²) in [6.45, 7) is 0.697. The molecular formula is C18H21N5O6S2. The number of ether oxygens (including phenoxy) is 2. The van der Waals surface area contributed by atoms with Gasteiger partial charge in [0.15, 0.2) is 11.5 Å². The molecule has 1 aliphatic rings. The number of carbonyl (C=O) groups excluding carboxylic acids is 2. The Morgan fingerprint density at radius 3 is 2.65 bits per heavy atom. The molecule has 0 unspecified atom stereocenters. The Morgan fingerprint density at radius 1 is 1.16 bits per heavy atom. The first-order chi connectivity index (χ1) is 14.9. The van der Waals surface area contributed by atoms with Crippen LogP contribution in [0.2, 0.25) is 0 Å². The highest BCUT2D eigenvalue weighted by molar-refractivity contribution is 7.98. The number of hydrogen-bond acceptors (Lipinski definition) is 9. The van der Waals surface area contributed by atoms with Crippen LogP contribution in [0.25, 0.3) is 0 Å². The van der Waals surface area contributed by atoms with Gasteiger partial charge in [-0.3, -0.25) is 25.4 Å². The SMILES string of the molecule is CSCC[C@H](NS(=O)(=O)c1ccc2c(c1)OCCO2)C(=O)NNC(=O)c1cnccn1. The largest absolute Gasteiger partial charge is 0.486 e. The summed E-state index contributed by atoms with van der Waals surface area (Å²) in [6.07, 6.45) is 6.01.